The van der Waals surface area contributed by atoms with Crippen molar-refractivity contribution < 1.29 is 13.2 Å². The Bertz CT molecular complexity index is 1140. The third kappa shape index (κ3) is 3.48. The molecule has 1 N–H and O–H groups in total. The highest BCUT2D eigenvalue weighted by Gasteiger charge is 2.21. The molecule has 1 aliphatic rings. The van der Waals surface area contributed by atoms with E-state index in [4.69, 9.17) is 0 Å². The van der Waals surface area contributed by atoms with E-state index in [0.717, 1.165) is 24.3 Å². The van der Waals surface area contributed by atoms with E-state index in [1.807, 2.05) is 24.3 Å². The molecule has 0 bridgehead atoms. The van der Waals surface area contributed by atoms with Crippen LogP contribution < -0.4 is 10.2 Å². The Hall–Kier alpha value is -3.00. The van der Waals surface area contributed by atoms with E-state index in [1.54, 1.807) is 17.0 Å². The number of amides is 1. The molecule has 0 aliphatic carbocycles. The molecule has 8 heteroatoms. The summed E-state index contributed by atoms with van der Waals surface area (Å²) in [5.41, 5.74) is 2.24. The van der Waals surface area contributed by atoms with Crippen LogP contribution in [0.25, 0.3) is 10.9 Å². The summed E-state index contributed by atoms with van der Waals surface area (Å²) in [6, 6.07) is 12.3. The summed E-state index contributed by atoms with van der Waals surface area (Å²) in [4.78, 5) is 22.4. The van der Waals surface area contributed by atoms with Gasteiger partial charge in [-0.1, -0.05) is 6.07 Å². The highest BCUT2D eigenvalue weighted by Crippen LogP contribution is 2.28. The number of sulfone groups is 1. The van der Waals surface area contributed by atoms with Gasteiger partial charge in [0, 0.05) is 36.0 Å². The maximum Gasteiger partial charge on any atom is 0.227 e. The number of aromatic nitrogens is 2. The van der Waals surface area contributed by atoms with Crippen LogP contribution in [0.2, 0.25) is 0 Å². The maximum absolute atomic E-state index is 12.0. The zero-order valence-corrected chi connectivity index (χ0v) is 15.5. The van der Waals surface area contributed by atoms with E-state index >= 15 is 0 Å². The molecule has 0 saturated carbocycles. The van der Waals surface area contributed by atoms with Crippen molar-refractivity contribution in [2.75, 3.05) is 23.0 Å². The largest absolute Gasteiger partial charge is 0.340 e. The molecule has 1 aromatic heterocycles. The monoisotopic (exact) mass is 382 g/mol. The summed E-state index contributed by atoms with van der Waals surface area (Å²) < 4.78 is 23.7. The van der Waals surface area contributed by atoms with Gasteiger partial charge in [-0.25, -0.2) is 18.4 Å². The van der Waals surface area contributed by atoms with Crippen molar-refractivity contribution in [2.45, 2.75) is 17.7 Å². The first-order valence-electron chi connectivity index (χ1n) is 8.54. The van der Waals surface area contributed by atoms with Gasteiger partial charge in [-0.3, -0.25) is 4.79 Å². The van der Waals surface area contributed by atoms with Crippen molar-refractivity contribution in [3.8, 4) is 0 Å². The minimum atomic E-state index is -3.34. The fourth-order valence-corrected chi connectivity index (χ4v) is 3.82. The third-order valence-electron chi connectivity index (χ3n) is 4.53. The van der Waals surface area contributed by atoms with Crippen LogP contribution >= 0.6 is 0 Å². The lowest BCUT2D eigenvalue weighted by Gasteiger charge is -2.17. The second kappa shape index (κ2) is 6.62. The SMILES string of the molecule is CS(=O)(=O)c1ccc2ncnc(Nc3cccc(N4CCCC4=O)c3)c2c1. The number of anilines is 3. The third-order valence-corrected chi connectivity index (χ3v) is 5.64. The number of rotatable bonds is 4. The average Bonchev–Trinajstić information content (AvgIpc) is 3.07. The second-order valence-corrected chi connectivity index (χ2v) is 8.51. The number of hydrogen-bond acceptors (Lipinski definition) is 6. The fraction of sp³-hybridized carbons (Fsp3) is 0.211. The summed E-state index contributed by atoms with van der Waals surface area (Å²) >= 11 is 0. The highest BCUT2D eigenvalue weighted by atomic mass is 32.2. The Balaban J connectivity index is 1.72. The Labute approximate surface area is 157 Å². The van der Waals surface area contributed by atoms with Crippen molar-refractivity contribution in [3.63, 3.8) is 0 Å². The molecule has 0 atom stereocenters. The van der Waals surface area contributed by atoms with Crippen LogP contribution in [0.4, 0.5) is 17.2 Å². The van der Waals surface area contributed by atoms with Crippen LogP contribution in [-0.4, -0.2) is 37.1 Å². The lowest BCUT2D eigenvalue weighted by molar-refractivity contribution is -0.117. The van der Waals surface area contributed by atoms with Gasteiger partial charge in [0.1, 0.15) is 12.1 Å². The van der Waals surface area contributed by atoms with Crippen LogP contribution in [0.5, 0.6) is 0 Å². The lowest BCUT2D eigenvalue weighted by Crippen LogP contribution is -2.23. The van der Waals surface area contributed by atoms with Crippen LogP contribution in [-0.2, 0) is 14.6 Å². The standard InChI is InChI=1S/C19H18N4O3S/c1-27(25,26)15-7-8-17-16(11-15)19(21-12-20-17)22-13-4-2-5-14(10-13)23-9-3-6-18(23)24/h2,4-5,7-8,10-12H,3,6,9H2,1H3,(H,20,21,22). The second-order valence-electron chi connectivity index (χ2n) is 6.50. The summed E-state index contributed by atoms with van der Waals surface area (Å²) in [5, 5.41) is 3.83. The molecule has 1 aliphatic heterocycles. The average molecular weight is 382 g/mol. The quantitative estimate of drug-likeness (QED) is 0.746. The van der Waals surface area contributed by atoms with Gasteiger partial charge in [-0.2, -0.15) is 0 Å². The summed E-state index contributed by atoms with van der Waals surface area (Å²) in [7, 11) is -3.34. The smallest absolute Gasteiger partial charge is 0.227 e. The number of fused-ring (bicyclic) bond motifs is 1. The number of nitrogens with zero attached hydrogens (tertiary/aromatic N) is 3. The summed E-state index contributed by atoms with van der Waals surface area (Å²) in [6.07, 6.45) is 4.03. The van der Waals surface area contributed by atoms with Gasteiger partial charge in [-0.15, -0.1) is 0 Å². The number of benzene rings is 2. The molecule has 2 heterocycles. The molecule has 3 aromatic rings. The molecule has 4 rings (SSSR count). The van der Waals surface area contributed by atoms with Crippen molar-refractivity contribution >= 4 is 43.8 Å². The van der Waals surface area contributed by atoms with Gasteiger partial charge < -0.3 is 10.2 Å². The van der Waals surface area contributed by atoms with Gasteiger partial charge in [0.2, 0.25) is 5.91 Å². The first kappa shape index (κ1) is 17.4. The first-order valence-corrected chi connectivity index (χ1v) is 10.4. The Kier molecular flexibility index (Phi) is 4.27. The van der Waals surface area contributed by atoms with Gasteiger partial charge in [-0.05, 0) is 42.8 Å². The lowest BCUT2D eigenvalue weighted by atomic mass is 10.2. The number of carbonyl (C=O) groups is 1. The van der Waals surface area contributed by atoms with E-state index < -0.39 is 9.84 Å². The molecule has 2 aromatic carbocycles. The van der Waals surface area contributed by atoms with Gasteiger partial charge in [0.05, 0.1) is 10.4 Å². The van der Waals surface area contributed by atoms with Gasteiger partial charge in [0.25, 0.3) is 0 Å². The summed E-state index contributed by atoms with van der Waals surface area (Å²) in [5.74, 6) is 0.632. The first-order chi connectivity index (χ1) is 12.9. The maximum atomic E-state index is 12.0. The topological polar surface area (TPSA) is 92.3 Å². The Morgan fingerprint density at radius 3 is 2.70 bits per heavy atom. The van der Waals surface area contributed by atoms with Gasteiger partial charge >= 0.3 is 0 Å². The Morgan fingerprint density at radius 1 is 1.11 bits per heavy atom. The van der Waals surface area contributed by atoms with Crippen LogP contribution in [0.3, 0.4) is 0 Å². The van der Waals surface area contributed by atoms with Crippen LogP contribution in [0.1, 0.15) is 12.8 Å². The molecule has 1 saturated heterocycles. The van der Waals surface area contributed by atoms with Crippen molar-refractivity contribution in [1.29, 1.82) is 0 Å². The molecule has 7 nitrogen and oxygen atoms in total. The number of hydrogen-bond donors (Lipinski definition) is 1. The molecule has 1 fully saturated rings. The predicted octanol–water partition coefficient (Wildman–Crippen LogP) is 2.90. The normalized spacial score (nSPS) is 14.7. The van der Waals surface area contributed by atoms with Crippen LogP contribution in [0, 0.1) is 0 Å². The highest BCUT2D eigenvalue weighted by molar-refractivity contribution is 7.90. The van der Waals surface area contributed by atoms with E-state index in [9.17, 15) is 13.2 Å². The molecular formula is C19H18N4O3S. The zero-order chi connectivity index (χ0) is 19.0. The van der Waals surface area contributed by atoms with E-state index in [2.05, 4.69) is 15.3 Å². The summed E-state index contributed by atoms with van der Waals surface area (Å²) in [6.45, 7) is 0.719. The minimum Gasteiger partial charge on any atom is -0.340 e. The van der Waals surface area contributed by atoms with Crippen LogP contribution in [0.15, 0.2) is 53.7 Å². The van der Waals surface area contributed by atoms with Crippen molar-refractivity contribution in [1.82, 2.24) is 9.97 Å². The molecule has 0 unspecified atom stereocenters. The van der Waals surface area contributed by atoms with Gasteiger partial charge in [0.15, 0.2) is 9.84 Å². The molecule has 27 heavy (non-hydrogen) atoms. The van der Waals surface area contributed by atoms with E-state index in [0.29, 0.717) is 23.1 Å². The Morgan fingerprint density at radius 2 is 1.96 bits per heavy atom. The molecule has 0 spiro atoms. The number of nitrogens with one attached hydrogen (secondary N) is 1. The number of carbonyl (C=O) groups excluding carboxylic acids is 1. The molecular weight excluding hydrogens is 364 g/mol. The van der Waals surface area contributed by atoms with E-state index in [-0.39, 0.29) is 10.8 Å². The zero-order valence-electron chi connectivity index (χ0n) is 14.7. The van der Waals surface area contributed by atoms with E-state index in [1.165, 1.54) is 18.6 Å². The predicted molar refractivity (Wildman–Crippen MR) is 104 cm³/mol. The molecule has 0 radical (unpaired) electrons. The minimum absolute atomic E-state index is 0.123. The van der Waals surface area contributed by atoms with Crippen molar-refractivity contribution in [2.24, 2.45) is 0 Å². The fourth-order valence-electron chi connectivity index (χ4n) is 3.18. The van der Waals surface area contributed by atoms with Crippen molar-refractivity contribution in [3.05, 3.63) is 48.8 Å². The molecule has 1 amide bonds. The molecule has 138 valence electrons.